The number of ether oxygens (including phenoxy) is 1. The van der Waals surface area contributed by atoms with Crippen molar-refractivity contribution in [2.45, 2.75) is 120 Å². The Morgan fingerprint density at radius 1 is 1.08 bits per heavy atom. The fourth-order valence-electron chi connectivity index (χ4n) is 7.59. The molecule has 1 saturated carbocycles. The van der Waals surface area contributed by atoms with Crippen LogP contribution in [0.25, 0.3) is 22.2 Å². The van der Waals surface area contributed by atoms with Gasteiger partial charge in [-0.3, -0.25) is 4.79 Å². The Morgan fingerprint density at radius 3 is 2.39 bits per heavy atom. The number of fused-ring (bicyclic) bond motifs is 9. The third kappa shape index (κ3) is 6.26. The largest absolute Gasteiger partial charge is 0.598 e. The minimum atomic E-state index is -3.03. The second-order valence-electron chi connectivity index (χ2n) is 16.9. The zero-order valence-electron chi connectivity index (χ0n) is 30.6. The lowest BCUT2D eigenvalue weighted by Gasteiger charge is -2.56. The highest BCUT2D eigenvalue weighted by Gasteiger charge is 2.61. The van der Waals surface area contributed by atoms with Crippen molar-refractivity contribution < 1.29 is 27.3 Å². The summed E-state index contributed by atoms with van der Waals surface area (Å²) in [6.07, 6.45) is 5.20. The molecule has 0 spiro atoms. The van der Waals surface area contributed by atoms with Gasteiger partial charge in [-0.2, -0.15) is 8.78 Å². The van der Waals surface area contributed by atoms with Crippen molar-refractivity contribution in [2.24, 2.45) is 0 Å². The van der Waals surface area contributed by atoms with Gasteiger partial charge in [-0.05, 0) is 82.1 Å². The Kier molecular flexibility index (Phi) is 8.50. The molecule has 3 atom stereocenters. The van der Waals surface area contributed by atoms with Gasteiger partial charge in [-0.25, -0.2) is 15.0 Å². The molecular formula is C37H46F2N6O4SSi. The van der Waals surface area contributed by atoms with Crippen LogP contribution in [-0.2, 0) is 21.3 Å². The Balaban J connectivity index is 1.23. The van der Waals surface area contributed by atoms with E-state index in [1.807, 2.05) is 43.5 Å². The molecule has 51 heavy (non-hydrogen) atoms. The second-order valence-corrected chi connectivity index (χ2v) is 23.6. The number of halogens is 2. The number of rotatable bonds is 8. The summed E-state index contributed by atoms with van der Waals surface area (Å²) < 4.78 is 57.2. The molecule has 7 rings (SSSR count). The zero-order valence-corrected chi connectivity index (χ0v) is 32.4. The van der Waals surface area contributed by atoms with E-state index in [0.717, 1.165) is 16.6 Å². The number of alkyl halides is 2. The minimum absolute atomic E-state index is 0.0186. The van der Waals surface area contributed by atoms with E-state index in [1.54, 1.807) is 24.5 Å². The van der Waals surface area contributed by atoms with Gasteiger partial charge < -0.3 is 23.6 Å². The third-order valence-electron chi connectivity index (χ3n) is 10.9. The van der Waals surface area contributed by atoms with Crippen molar-refractivity contribution in [3.8, 4) is 16.9 Å². The summed E-state index contributed by atoms with van der Waals surface area (Å²) in [7, 11) is -2.08. The number of nitrogens with one attached hydrogen (secondary N) is 2. The zero-order chi connectivity index (χ0) is 36.9. The van der Waals surface area contributed by atoms with Crippen molar-refractivity contribution in [2.75, 3.05) is 0 Å². The Hall–Kier alpha value is -3.43. The molecule has 3 aliphatic rings. The van der Waals surface area contributed by atoms with Gasteiger partial charge in [0.2, 0.25) is 0 Å². The molecule has 4 heterocycles. The monoisotopic (exact) mass is 736 g/mol. The third-order valence-corrected chi connectivity index (χ3v) is 17.2. The Bertz CT molecular complexity index is 2000. The molecule has 10 nitrogen and oxygen atoms in total. The topological polar surface area (TPSA) is 126 Å². The number of nitrogens with zero attached hydrogens (tertiary/aromatic N) is 4. The van der Waals surface area contributed by atoms with Gasteiger partial charge in [0.15, 0.2) is 14.1 Å². The summed E-state index contributed by atoms with van der Waals surface area (Å²) in [5, 5.41) is 3.07. The molecule has 4 aromatic rings. The average molecular weight is 737 g/mol. The molecule has 2 bridgehead atoms. The van der Waals surface area contributed by atoms with Crippen molar-refractivity contribution in [3.05, 3.63) is 71.6 Å². The molecule has 1 fully saturated rings. The number of hydrogen-bond acceptors (Lipinski definition) is 8. The van der Waals surface area contributed by atoms with Crippen molar-refractivity contribution in [3.63, 3.8) is 0 Å². The summed E-state index contributed by atoms with van der Waals surface area (Å²) >= 11 is -1.37. The van der Waals surface area contributed by atoms with Crippen LogP contribution in [0.3, 0.4) is 0 Å². The van der Waals surface area contributed by atoms with Crippen LogP contribution in [-0.4, -0.2) is 55.3 Å². The number of imidazole rings is 1. The smallest absolute Gasteiger partial charge is 0.387 e. The lowest BCUT2D eigenvalue weighted by molar-refractivity contribution is -0.0725. The van der Waals surface area contributed by atoms with Crippen LogP contribution in [0.5, 0.6) is 5.75 Å². The lowest BCUT2D eigenvalue weighted by atomic mass is 9.66. The molecule has 272 valence electrons. The molecule has 2 aromatic heterocycles. The van der Waals surface area contributed by atoms with Gasteiger partial charge in [0.1, 0.15) is 21.9 Å². The molecule has 0 saturated heterocycles. The highest BCUT2D eigenvalue weighted by atomic mass is 32.2. The van der Waals surface area contributed by atoms with Crippen molar-refractivity contribution in [1.82, 2.24) is 29.6 Å². The second kappa shape index (κ2) is 12.1. The van der Waals surface area contributed by atoms with Crippen LogP contribution >= 0.6 is 0 Å². The molecule has 14 heteroatoms. The lowest BCUT2D eigenvalue weighted by Crippen LogP contribution is -2.67. The number of hydrogen-bond donors (Lipinski definition) is 2. The summed E-state index contributed by atoms with van der Waals surface area (Å²) in [6, 6.07) is 9.68. The van der Waals surface area contributed by atoms with E-state index < -0.39 is 48.2 Å². The summed E-state index contributed by atoms with van der Waals surface area (Å²) in [5.41, 5.74) is 2.72. The van der Waals surface area contributed by atoms with Crippen molar-refractivity contribution in [1.29, 1.82) is 0 Å². The van der Waals surface area contributed by atoms with Crippen LogP contribution in [0.1, 0.15) is 107 Å². The fourth-order valence-corrected chi connectivity index (χ4v) is 10.2. The Labute approximate surface area is 301 Å². The van der Waals surface area contributed by atoms with E-state index in [0.29, 0.717) is 47.6 Å². The normalized spacial score (nSPS) is 25.2. The van der Waals surface area contributed by atoms with Crippen LogP contribution < -0.4 is 14.8 Å². The molecule has 1 amide bonds. The SMILES string of the molecule is CC1(O[Si](C)(C)C(C)(C)C)CC(N[S+]([O-])C(C)(C)C)(c2ncc(-c3ccc4nc5n(c4c3)[C@@H]3C[C@@H]5NC(=O)c4cccc(OC(F)F)c43)cn2)C1. The average Bonchev–Trinajstić information content (AvgIpc) is 3.50. The first-order valence-corrected chi connectivity index (χ1v) is 21.4. The van der Waals surface area contributed by atoms with Gasteiger partial charge in [0.25, 0.3) is 5.91 Å². The molecule has 2 aliphatic heterocycles. The quantitative estimate of drug-likeness (QED) is 0.139. The van der Waals surface area contributed by atoms with E-state index in [4.69, 9.17) is 24.1 Å². The van der Waals surface area contributed by atoms with E-state index in [1.165, 1.54) is 6.07 Å². The van der Waals surface area contributed by atoms with E-state index in [9.17, 15) is 18.1 Å². The van der Waals surface area contributed by atoms with Gasteiger partial charge in [0.05, 0.1) is 28.7 Å². The van der Waals surface area contributed by atoms with Crippen LogP contribution in [0.15, 0.2) is 48.8 Å². The minimum Gasteiger partial charge on any atom is -0.598 e. The van der Waals surface area contributed by atoms with Crippen LogP contribution in [0, 0.1) is 0 Å². The molecule has 2 aromatic carbocycles. The fraction of sp³-hybridized carbons (Fsp3) is 0.514. The predicted octanol–water partition coefficient (Wildman–Crippen LogP) is 7.69. The molecule has 1 unspecified atom stereocenters. The number of benzene rings is 2. The Morgan fingerprint density at radius 2 is 1.76 bits per heavy atom. The highest BCUT2D eigenvalue weighted by molar-refractivity contribution is 7.90. The predicted molar refractivity (Wildman–Crippen MR) is 195 cm³/mol. The number of aromatic nitrogens is 4. The van der Waals surface area contributed by atoms with E-state index >= 15 is 0 Å². The molecule has 0 radical (unpaired) electrons. The maximum absolute atomic E-state index is 13.5. The summed E-state index contributed by atoms with van der Waals surface area (Å²) in [5.74, 6) is 0.869. The van der Waals surface area contributed by atoms with E-state index in [-0.39, 0.29) is 22.7 Å². The standard InChI is InChI=1S/C37H46F2N6O4SSi/c1-34(2,3)50(47)44-37(19-36(7,20-37)49-51(8,9)35(4,5)6)32-40-17-22(18-41-32)21-13-14-24-26(15-21)45-27-16-25(30(45)42-24)43-31(46)23-11-10-12-28(29(23)27)48-33(38)39/h10-15,17-18,25,27,33,44H,16,19-20H2,1-9H3,(H,43,46)/t25-,27+,36?,37?,50?/m0/s1. The molecular weight excluding hydrogens is 691 g/mol. The number of amides is 1. The van der Waals surface area contributed by atoms with E-state index in [2.05, 4.69) is 50.8 Å². The summed E-state index contributed by atoms with van der Waals surface area (Å²) in [4.78, 5) is 27.7. The van der Waals surface area contributed by atoms with Gasteiger partial charge in [-0.1, -0.05) is 32.9 Å². The summed E-state index contributed by atoms with van der Waals surface area (Å²) in [6.45, 7) is 16.1. The number of carbonyl (C=O) groups is 1. The highest BCUT2D eigenvalue weighted by Crippen LogP contribution is 2.54. The molecule has 1 aliphatic carbocycles. The number of carbonyl (C=O) groups excluding carboxylic acids is 1. The van der Waals surface area contributed by atoms with Gasteiger partial charge in [-0.15, -0.1) is 4.72 Å². The first kappa shape index (κ1) is 35.9. The first-order chi connectivity index (χ1) is 23.7. The first-order valence-electron chi connectivity index (χ1n) is 17.3. The van der Waals surface area contributed by atoms with Crippen molar-refractivity contribution >= 4 is 36.6 Å². The maximum Gasteiger partial charge on any atom is 0.387 e. The molecule has 2 N–H and O–H groups in total. The van der Waals surface area contributed by atoms with Gasteiger partial charge in [0, 0.05) is 53.3 Å². The van der Waals surface area contributed by atoms with Crippen LogP contribution in [0.4, 0.5) is 8.78 Å². The maximum atomic E-state index is 13.5. The van der Waals surface area contributed by atoms with Crippen LogP contribution in [0.2, 0.25) is 18.1 Å². The van der Waals surface area contributed by atoms with Gasteiger partial charge >= 0.3 is 6.61 Å².